The second-order valence-corrected chi connectivity index (χ2v) is 7.50. The van der Waals surface area contributed by atoms with Crippen LogP contribution in [0.2, 0.25) is 0 Å². The summed E-state index contributed by atoms with van der Waals surface area (Å²) < 4.78 is 0. The summed E-state index contributed by atoms with van der Waals surface area (Å²) in [5, 5.41) is 2.98. The number of carbonyl (C=O) groups is 2. The Morgan fingerprint density at radius 1 is 1.30 bits per heavy atom. The van der Waals surface area contributed by atoms with Crippen LogP contribution >= 0.6 is 0 Å². The Labute approximate surface area is 162 Å². The van der Waals surface area contributed by atoms with Crippen LogP contribution in [0.15, 0.2) is 18.2 Å². The number of hydrogen-bond donors (Lipinski definition) is 2. The lowest BCUT2D eigenvalue weighted by molar-refractivity contribution is 0.0999. The van der Waals surface area contributed by atoms with Gasteiger partial charge in [0.1, 0.15) is 0 Å². The van der Waals surface area contributed by atoms with E-state index in [1.807, 2.05) is 25.9 Å². The van der Waals surface area contributed by atoms with Crippen molar-refractivity contribution < 1.29 is 9.59 Å². The molecule has 1 fully saturated rings. The number of benzene rings is 1. The molecule has 27 heavy (non-hydrogen) atoms. The zero-order chi connectivity index (χ0) is 20.0. The number of anilines is 1. The van der Waals surface area contributed by atoms with E-state index >= 15 is 0 Å². The molecule has 3 N–H and O–H groups in total. The normalized spacial score (nSPS) is 17.3. The van der Waals surface area contributed by atoms with Gasteiger partial charge in [-0.15, -0.1) is 0 Å². The third kappa shape index (κ3) is 5.94. The lowest BCUT2D eigenvalue weighted by Gasteiger charge is -2.31. The Bertz CT molecular complexity index is 662. The number of primary amides is 1. The average Bonchev–Trinajstić information content (AvgIpc) is 3.05. The number of nitrogens with zero attached hydrogens (tertiary/aromatic N) is 3. The molecule has 7 heteroatoms. The zero-order valence-electron chi connectivity index (χ0n) is 17.0. The van der Waals surface area contributed by atoms with Crippen LogP contribution in [-0.2, 0) is 0 Å². The van der Waals surface area contributed by atoms with Gasteiger partial charge >= 0.3 is 6.03 Å². The van der Waals surface area contributed by atoms with Gasteiger partial charge in [-0.3, -0.25) is 9.69 Å². The van der Waals surface area contributed by atoms with Crippen LogP contribution in [0.3, 0.4) is 0 Å². The van der Waals surface area contributed by atoms with E-state index in [2.05, 4.69) is 22.0 Å². The number of hydrogen-bond acceptors (Lipinski definition) is 4. The molecule has 1 aliphatic rings. The fraction of sp³-hybridized carbons (Fsp3) is 0.600. The third-order valence-electron chi connectivity index (χ3n) is 5.18. The van der Waals surface area contributed by atoms with Crippen molar-refractivity contribution in [2.24, 2.45) is 5.73 Å². The molecule has 0 saturated carbocycles. The Morgan fingerprint density at radius 3 is 2.63 bits per heavy atom. The lowest BCUT2D eigenvalue weighted by Crippen LogP contribution is -2.46. The van der Waals surface area contributed by atoms with E-state index in [0.717, 1.165) is 38.2 Å². The van der Waals surface area contributed by atoms with Crippen LogP contribution in [-0.4, -0.2) is 79.5 Å². The zero-order valence-corrected chi connectivity index (χ0v) is 17.0. The van der Waals surface area contributed by atoms with E-state index in [0.29, 0.717) is 23.8 Å². The van der Waals surface area contributed by atoms with Gasteiger partial charge in [0, 0.05) is 36.9 Å². The maximum absolute atomic E-state index is 12.9. The number of aryl methyl sites for hydroxylation is 1. The molecular weight excluding hydrogens is 342 g/mol. The van der Waals surface area contributed by atoms with Crippen molar-refractivity contribution in [3.05, 3.63) is 29.3 Å². The molecule has 3 amide bonds. The van der Waals surface area contributed by atoms with E-state index in [-0.39, 0.29) is 6.03 Å². The number of rotatable bonds is 8. The maximum Gasteiger partial charge on any atom is 0.321 e. The molecule has 1 atom stereocenters. The number of urea groups is 1. The number of nitrogens with one attached hydrogen (secondary N) is 1. The molecule has 0 spiro atoms. The first kappa shape index (κ1) is 21.2. The topological polar surface area (TPSA) is 81.9 Å². The van der Waals surface area contributed by atoms with E-state index in [1.54, 1.807) is 18.2 Å². The van der Waals surface area contributed by atoms with Gasteiger partial charge in [0.15, 0.2) is 0 Å². The molecule has 0 bridgehead atoms. The summed E-state index contributed by atoms with van der Waals surface area (Å²) in [7, 11) is 4.02. The Morgan fingerprint density at radius 2 is 2.04 bits per heavy atom. The number of nitrogens with two attached hydrogens (primary N) is 1. The standard InChI is InChI=1S/C20H33N5O2/c1-5-24-10-6-7-17(24)14-25(12-11-23(3)4)20(27)22-16-8-9-18(19(21)26)15(2)13-16/h8-9,13,17H,5-7,10-12,14H2,1-4H3,(H2,21,26)(H,22,27)/t17-/m0/s1. The maximum atomic E-state index is 12.9. The molecular formula is C20H33N5O2. The highest BCUT2D eigenvalue weighted by atomic mass is 16.2. The van der Waals surface area contributed by atoms with Gasteiger partial charge in [-0.1, -0.05) is 6.92 Å². The fourth-order valence-electron chi connectivity index (χ4n) is 3.59. The van der Waals surface area contributed by atoms with Crippen molar-refractivity contribution in [2.45, 2.75) is 32.7 Å². The molecule has 1 aromatic carbocycles. The predicted octanol–water partition coefficient (Wildman–Crippen LogP) is 1.97. The summed E-state index contributed by atoms with van der Waals surface area (Å²) in [5.74, 6) is -0.459. The highest BCUT2D eigenvalue weighted by molar-refractivity contribution is 5.96. The van der Waals surface area contributed by atoms with Crippen LogP contribution in [0.25, 0.3) is 0 Å². The van der Waals surface area contributed by atoms with Crippen LogP contribution < -0.4 is 11.1 Å². The predicted molar refractivity (Wildman–Crippen MR) is 109 cm³/mol. The second kappa shape index (κ2) is 9.71. The average molecular weight is 376 g/mol. The van der Waals surface area contributed by atoms with Gasteiger partial charge in [0.25, 0.3) is 0 Å². The van der Waals surface area contributed by atoms with Crippen molar-refractivity contribution >= 4 is 17.6 Å². The SMILES string of the molecule is CCN1CCC[C@H]1CN(CCN(C)C)C(=O)Nc1ccc(C(N)=O)c(C)c1. The van der Waals surface area contributed by atoms with Gasteiger partial charge < -0.3 is 20.9 Å². The van der Waals surface area contributed by atoms with Crippen molar-refractivity contribution in [3.63, 3.8) is 0 Å². The molecule has 1 saturated heterocycles. The summed E-state index contributed by atoms with van der Waals surface area (Å²) >= 11 is 0. The van der Waals surface area contributed by atoms with Crippen molar-refractivity contribution in [1.82, 2.24) is 14.7 Å². The number of likely N-dealkylation sites (N-methyl/N-ethyl adjacent to an activating group) is 2. The molecule has 0 aromatic heterocycles. The quantitative estimate of drug-likeness (QED) is 0.728. The van der Waals surface area contributed by atoms with E-state index in [9.17, 15) is 9.59 Å². The second-order valence-electron chi connectivity index (χ2n) is 7.50. The molecule has 150 valence electrons. The summed E-state index contributed by atoms with van der Waals surface area (Å²) in [5.41, 5.74) is 7.26. The summed E-state index contributed by atoms with van der Waals surface area (Å²) in [6.45, 7) is 8.32. The van der Waals surface area contributed by atoms with Gasteiger partial charge in [-0.25, -0.2) is 4.79 Å². The lowest BCUT2D eigenvalue weighted by atomic mass is 10.1. The largest absolute Gasteiger partial charge is 0.366 e. The molecule has 2 rings (SSSR count). The summed E-state index contributed by atoms with van der Waals surface area (Å²) in [4.78, 5) is 30.7. The third-order valence-corrected chi connectivity index (χ3v) is 5.18. The number of likely N-dealkylation sites (tertiary alicyclic amines) is 1. The van der Waals surface area contributed by atoms with Crippen molar-refractivity contribution in [1.29, 1.82) is 0 Å². The smallest absolute Gasteiger partial charge is 0.321 e. The Hall–Kier alpha value is -2.12. The molecule has 1 aliphatic heterocycles. The van der Waals surface area contributed by atoms with Gasteiger partial charge in [0.05, 0.1) is 0 Å². The Balaban J connectivity index is 2.08. The summed E-state index contributed by atoms with van der Waals surface area (Å²) in [6.07, 6.45) is 2.32. The van der Waals surface area contributed by atoms with Gasteiger partial charge in [-0.05, 0) is 70.7 Å². The minimum atomic E-state index is -0.459. The Kier molecular flexibility index (Phi) is 7.62. The highest BCUT2D eigenvalue weighted by Gasteiger charge is 2.27. The molecule has 7 nitrogen and oxygen atoms in total. The first-order valence-electron chi connectivity index (χ1n) is 9.67. The number of amides is 3. The van der Waals surface area contributed by atoms with Crippen LogP contribution in [0.4, 0.5) is 10.5 Å². The van der Waals surface area contributed by atoms with Crippen molar-refractivity contribution in [2.75, 3.05) is 52.1 Å². The first-order valence-corrected chi connectivity index (χ1v) is 9.67. The van der Waals surface area contributed by atoms with Crippen LogP contribution in [0.1, 0.15) is 35.7 Å². The van der Waals surface area contributed by atoms with Crippen LogP contribution in [0.5, 0.6) is 0 Å². The first-order chi connectivity index (χ1) is 12.8. The van der Waals surface area contributed by atoms with E-state index < -0.39 is 5.91 Å². The number of carbonyl (C=O) groups excluding carboxylic acids is 2. The van der Waals surface area contributed by atoms with Gasteiger partial charge in [-0.2, -0.15) is 0 Å². The van der Waals surface area contributed by atoms with E-state index in [4.69, 9.17) is 5.73 Å². The molecule has 0 radical (unpaired) electrons. The highest BCUT2D eigenvalue weighted by Crippen LogP contribution is 2.19. The van der Waals surface area contributed by atoms with Crippen LogP contribution in [0, 0.1) is 6.92 Å². The van der Waals surface area contributed by atoms with Crippen molar-refractivity contribution in [3.8, 4) is 0 Å². The minimum Gasteiger partial charge on any atom is -0.366 e. The molecule has 1 aromatic rings. The monoisotopic (exact) mass is 375 g/mol. The summed E-state index contributed by atoms with van der Waals surface area (Å²) in [6, 6.07) is 5.49. The minimum absolute atomic E-state index is 0.106. The van der Waals surface area contributed by atoms with Gasteiger partial charge in [0.2, 0.25) is 5.91 Å². The fourth-order valence-corrected chi connectivity index (χ4v) is 3.59. The van der Waals surface area contributed by atoms with E-state index in [1.165, 1.54) is 6.42 Å². The molecule has 0 unspecified atom stereocenters. The molecule has 1 heterocycles. The molecule has 0 aliphatic carbocycles.